The molecule has 0 radical (unpaired) electrons. The molecule has 4 heterocycles. The number of ether oxygens (including phenoxy) is 2. The van der Waals surface area contributed by atoms with E-state index in [-0.39, 0.29) is 5.91 Å². The molecule has 3 aliphatic heterocycles. The Bertz CT molecular complexity index is 724. The molecule has 3 saturated heterocycles. The summed E-state index contributed by atoms with van der Waals surface area (Å²) in [7, 11) is 0. The molecule has 26 heavy (non-hydrogen) atoms. The predicted molar refractivity (Wildman–Crippen MR) is 98.8 cm³/mol. The van der Waals surface area contributed by atoms with E-state index in [9.17, 15) is 4.79 Å². The van der Waals surface area contributed by atoms with Crippen molar-refractivity contribution in [2.75, 3.05) is 13.2 Å². The molecule has 2 saturated carbocycles. The number of aryl methyl sites for hydroxylation is 1. The first kappa shape index (κ1) is 17.1. The zero-order valence-corrected chi connectivity index (χ0v) is 16.3. The lowest BCUT2D eigenvalue weighted by Gasteiger charge is -2.54. The minimum Gasteiger partial charge on any atom is -0.381 e. The third kappa shape index (κ3) is 3.10. The normalized spacial score (nSPS) is 37.4. The Labute approximate surface area is 158 Å². The number of carbonyl (C=O) groups excluding carboxylic acids is 1. The molecule has 6 rings (SSSR count). The molecule has 5 fully saturated rings. The summed E-state index contributed by atoms with van der Waals surface area (Å²) >= 11 is 1.62. The lowest BCUT2D eigenvalue weighted by molar-refractivity contribution is -0.216. The molecule has 2 unspecified atom stereocenters. The number of hydrogen-bond donors (Lipinski definition) is 0. The lowest BCUT2D eigenvalue weighted by atomic mass is 9.62. The molecule has 4 bridgehead atoms. The van der Waals surface area contributed by atoms with Gasteiger partial charge in [0.1, 0.15) is 5.60 Å². The van der Waals surface area contributed by atoms with Gasteiger partial charge in [-0.05, 0) is 69.6 Å². The number of aromatic nitrogens is 1. The molecule has 1 aromatic heterocycles. The number of hydrogen-bond acceptors (Lipinski definition) is 4. The van der Waals surface area contributed by atoms with Crippen molar-refractivity contribution in [2.24, 2.45) is 22.7 Å². The summed E-state index contributed by atoms with van der Waals surface area (Å²) < 4.78 is 13.9. The van der Waals surface area contributed by atoms with Gasteiger partial charge in [0.2, 0.25) is 0 Å². The smallest absolute Gasteiger partial charge is 0.280 e. The van der Waals surface area contributed by atoms with Gasteiger partial charge in [-0.3, -0.25) is 4.79 Å². The molecule has 0 aromatic carbocycles. The largest absolute Gasteiger partial charge is 0.381 e. The van der Waals surface area contributed by atoms with Gasteiger partial charge in [-0.2, -0.15) is 4.99 Å². The van der Waals surface area contributed by atoms with Crippen LogP contribution >= 0.6 is 11.3 Å². The third-order valence-corrected chi connectivity index (χ3v) is 7.64. The van der Waals surface area contributed by atoms with Gasteiger partial charge in [0.25, 0.3) is 5.91 Å². The van der Waals surface area contributed by atoms with Crippen LogP contribution in [0.5, 0.6) is 0 Å². The molecule has 0 N–H and O–H groups in total. The molecular formula is C20H28N2O3S. The second-order valence-electron chi connectivity index (χ2n) is 8.83. The van der Waals surface area contributed by atoms with E-state index in [1.165, 1.54) is 11.3 Å². The Morgan fingerprint density at radius 3 is 2.69 bits per heavy atom. The highest BCUT2D eigenvalue weighted by atomic mass is 32.1. The van der Waals surface area contributed by atoms with E-state index in [1.54, 1.807) is 11.3 Å². The van der Waals surface area contributed by atoms with Crippen molar-refractivity contribution in [3.05, 3.63) is 15.9 Å². The minimum atomic E-state index is -0.622. The fourth-order valence-electron chi connectivity index (χ4n) is 5.71. The topological polar surface area (TPSA) is 52.8 Å². The molecule has 1 amide bonds. The van der Waals surface area contributed by atoms with Crippen LogP contribution in [0.1, 0.15) is 49.8 Å². The third-order valence-electron chi connectivity index (χ3n) is 6.71. The van der Waals surface area contributed by atoms with Crippen molar-refractivity contribution in [1.82, 2.24) is 4.57 Å². The highest BCUT2D eigenvalue weighted by Crippen LogP contribution is 2.53. The van der Waals surface area contributed by atoms with E-state index in [0.29, 0.717) is 23.9 Å². The van der Waals surface area contributed by atoms with Crippen LogP contribution < -0.4 is 4.80 Å². The van der Waals surface area contributed by atoms with Crippen LogP contribution in [0.2, 0.25) is 0 Å². The van der Waals surface area contributed by atoms with Gasteiger partial charge < -0.3 is 14.0 Å². The summed E-state index contributed by atoms with van der Waals surface area (Å²) in [5.74, 6) is 1.92. The molecular weight excluding hydrogens is 348 g/mol. The standard InChI is InChI=1S/C20H28N2O3S/c1-13-11-22(12-14-2-4-24-5-3-14)19(26-13)21-18(23)20-9-15-6-16(10-20)8-17(7-15)25-20/h11,14-17H,2-10,12H2,1H3/b21-19-. The highest BCUT2D eigenvalue weighted by molar-refractivity contribution is 7.09. The first-order chi connectivity index (χ1) is 12.6. The molecule has 0 spiro atoms. The molecule has 2 aliphatic carbocycles. The zero-order chi connectivity index (χ0) is 17.7. The molecule has 2 atom stereocenters. The maximum Gasteiger partial charge on any atom is 0.280 e. The fourth-order valence-corrected chi connectivity index (χ4v) is 6.55. The molecule has 5 aliphatic rings. The predicted octanol–water partition coefficient (Wildman–Crippen LogP) is 3.06. The van der Waals surface area contributed by atoms with Gasteiger partial charge in [-0.25, -0.2) is 0 Å². The average molecular weight is 377 g/mol. The van der Waals surface area contributed by atoms with Crippen LogP contribution in [0, 0.1) is 24.7 Å². The van der Waals surface area contributed by atoms with Gasteiger partial charge >= 0.3 is 0 Å². The van der Waals surface area contributed by atoms with Crippen LogP contribution in [0.25, 0.3) is 0 Å². The average Bonchev–Trinajstić information content (AvgIpc) is 2.93. The number of nitrogens with zero attached hydrogens (tertiary/aromatic N) is 2. The van der Waals surface area contributed by atoms with Crippen molar-refractivity contribution >= 4 is 17.2 Å². The van der Waals surface area contributed by atoms with Crippen molar-refractivity contribution < 1.29 is 14.3 Å². The van der Waals surface area contributed by atoms with Gasteiger partial charge in [-0.15, -0.1) is 11.3 Å². The van der Waals surface area contributed by atoms with Crippen LogP contribution in [0.4, 0.5) is 0 Å². The Balaban J connectivity index is 1.41. The Hall–Kier alpha value is -0.980. The van der Waals surface area contributed by atoms with Crippen LogP contribution in [-0.4, -0.2) is 35.4 Å². The second kappa shape index (κ2) is 6.57. The number of thiazole rings is 1. The van der Waals surface area contributed by atoms with Crippen molar-refractivity contribution in [1.29, 1.82) is 0 Å². The number of carbonyl (C=O) groups is 1. The summed E-state index contributed by atoms with van der Waals surface area (Å²) in [4.78, 5) is 19.9. The second-order valence-corrected chi connectivity index (χ2v) is 10.0. The Kier molecular flexibility index (Phi) is 4.33. The summed E-state index contributed by atoms with van der Waals surface area (Å²) in [5.41, 5.74) is -0.622. The van der Waals surface area contributed by atoms with E-state index in [0.717, 1.165) is 63.1 Å². The Morgan fingerprint density at radius 1 is 1.27 bits per heavy atom. The van der Waals surface area contributed by atoms with Crippen LogP contribution in [0.3, 0.4) is 0 Å². The number of rotatable bonds is 3. The lowest BCUT2D eigenvalue weighted by Crippen LogP contribution is -2.58. The van der Waals surface area contributed by atoms with Gasteiger partial charge in [0.05, 0.1) is 6.10 Å². The van der Waals surface area contributed by atoms with Crippen LogP contribution in [-0.2, 0) is 20.8 Å². The minimum absolute atomic E-state index is 0.0285. The monoisotopic (exact) mass is 376 g/mol. The molecule has 6 heteroatoms. The van der Waals surface area contributed by atoms with Crippen molar-refractivity contribution in [3.8, 4) is 0 Å². The van der Waals surface area contributed by atoms with Gasteiger partial charge in [-0.1, -0.05) is 0 Å². The summed E-state index contributed by atoms with van der Waals surface area (Å²) in [6.07, 6.45) is 9.96. The van der Waals surface area contributed by atoms with E-state index in [1.807, 2.05) is 0 Å². The Morgan fingerprint density at radius 2 is 2.00 bits per heavy atom. The molecule has 5 nitrogen and oxygen atoms in total. The maximum absolute atomic E-state index is 13.2. The highest BCUT2D eigenvalue weighted by Gasteiger charge is 2.56. The first-order valence-electron chi connectivity index (χ1n) is 10.1. The van der Waals surface area contributed by atoms with Crippen LogP contribution in [0.15, 0.2) is 11.2 Å². The summed E-state index contributed by atoms with van der Waals surface area (Å²) in [6.45, 7) is 4.72. The van der Waals surface area contributed by atoms with E-state index in [4.69, 9.17) is 9.47 Å². The van der Waals surface area contributed by atoms with E-state index in [2.05, 4.69) is 22.7 Å². The zero-order valence-electron chi connectivity index (χ0n) is 15.5. The number of amides is 1. The quantitative estimate of drug-likeness (QED) is 0.815. The van der Waals surface area contributed by atoms with E-state index < -0.39 is 5.60 Å². The fraction of sp³-hybridized carbons (Fsp3) is 0.800. The molecule has 142 valence electrons. The van der Waals surface area contributed by atoms with E-state index >= 15 is 0 Å². The first-order valence-corrected chi connectivity index (χ1v) is 10.9. The molecule has 1 aromatic rings. The van der Waals surface area contributed by atoms with Gasteiger partial charge in [0.15, 0.2) is 4.80 Å². The van der Waals surface area contributed by atoms with Crippen molar-refractivity contribution in [2.45, 2.75) is 70.1 Å². The SMILES string of the molecule is Cc1cn(CC2CCOCC2)/c(=N/C(=O)C23CC4CC(CC(C4)O2)C3)s1. The summed E-state index contributed by atoms with van der Waals surface area (Å²) in [5, 5.41) is 0. The van der Waals surface area contributed by atoms with Crippen molar-refractivity contribution in [3.63, 3.8) is 0 Å². The van der Waals surface area contributed by atoms with Gasteiger partial charge in [0, 0.05) is 30.8 Å². The summed E-state index contributed by atoms with van der Waals surface area (Å²) in [6, 6.07) is 0. The maximum atomic E-state index is 13.2.